The third kappa shape index (κ3) is 2.25. The second kappa shape index (κ2) is 3.74. The summed E-state index contributed by atoms with van der Waals surface area (Å²) in [6, 6.07) is 6.16. The van der Waals surface area contributed by atoms with Crippen molar-refractivity contribution >= 4 is 19.7 Å². The molecular weight excluding hydrogens is 244 g/mol. The standard InChI is InChI=1S/C12H15ClO2S/c1-9-5-10(2)7-11(6-9)8-12(3-4-12)16(13,14)15/h5-7H,3-4,8H2,1-2H3. The molecule has 0 saturated heterocycles. The number of rotatable bonds is 3. The monoisotopic (exact) mass is 258 g/mol. The topological polar surface area (TPSA) is 34.1 Å². The Hall–Kier alpha value is -0.540. The smallest absolute Gasteiger partial charge is 0.212 e. The number of hydrogen-bond donors (Lipinski definition) is 0. The highest BCUT2D eigenvalue weighted by molar-refractivity contribution is 8.15. The van der Waals surface area contributed by atoms with Crippen molar-refractivity contribution in [3.05, 3.63) is 34.9 Å². The molecule has 0 heterocycles. The summed E-state index contributed by atoms with van der Waals surface area (Å²) in [4.78, 5) is 0. The molecule has 0 aromatic heterocycles. The molecule has 1 aromatic carbocycles. The van der Waals surface area contributed by atoms with Gasteiger partial charge in [-0.3, -0.25) is 0 Å². The predicted octanol–water partition coefficient (Wildman–Crippen LogP) is 2.95. The van der Waals surface area contributed by atoms with Crippen LogP contribution in [0.2, 0.25) is 0 Å². The van der Waals surface area contributed by atoms with E-state index < -0.39 is 13.8 Å². The van der Waals surface area contributed by atoms with Crippen molar-refractivity contribution in [2.45, 2.75) is 37.9 Å². The Morgan fingerprint density at radius 2 is 1.69 bits per heavy atom. The lowest BCUT2D eigenvalue weighted by Crippen LogP contribution is -2.20. The van der Waals surface area contributed by atoms with Gasteiger partial charge in [-0.05, 0) is 38.7 Å². The molecule has 1 aliphatic carbocycles. The minimum atomic E-state index is -3.44. The first kappa shape index (κ1) is 11.9. The largest absolute Gasteiger partial charge is 0.238 e. The maximum Gasteiger partial charge on any atom is 0.238 e. The molecule has 0 radical (unpaired) electrons. The van der Waals surface area contributed by atoms with E-state index in [0.29, 0.717) is 19.3 Å². The van der Waals surface area contributed by atoms with Crippen LogP contribution in [0.25, 0.3) is 0 Å². The summed E-state index contributed by atoms with van der Waals surface area (Å²) >= 11 is 0. The second-order valence-corrected chi connectivity index (χ2v) is 7.75. The molecule has 1 fully saturated rings. The Morgan fingerprint density at radius 3 is 2.06 bits per heavy atom. The fourth-order valence-electron chi connectivity index (χ4n) is 2.19. The molecule has 1 aliphatic rings. The molecule has 2 rings (SSSR count). The van der Waals surface area contributed by atoms with Crippen molar-refractivity contribution < 1.29 is 8.42 Å². The molecule has 16 heavy (non-hydrogen) atoms. The highest BCUT2D eigenvalue weighted by atomic mass is 35.7. The zero-order valence-electron chi connectivity index (χ0n) is 9.46. The Balaban J connectivity index is 2.28. The lowest BCUT2D eigenvalue weighted by Gasteiger charge is -2.12. The van der Waals surface area contributed by atoms with Crippen LogP contribution in [0.15, 0.2) is 18.2 Å². The molecule has 4 heteroatoms. The summed E-state index contributed by atoms with van der Waals surface area (Å²) in [6.07, 6.45) is 1.92. The molecule has 0 unspecified atom stereocenters. The highest BCUT2D eigenvalue weighted by Gasteiger charge is 2.53. The number of hydrogen-bond acceptors (Lipinski definition) is 2. The summed E-state index contributed by atoms with van der Waals surface area (Å²) in [7, 11) is 2.05. The Kier molecular flexibility index (Phi) is 2.79. The van der Waals surface area contributed by atoms with Gasteiger partial charge < -0.3 is 0 Å². The highest BCUT2D eigenvalue weighted by Crippen LogP contribution is 2.48. The average Bonchev–Trinajstić information content (AvgIpc) is 2.81. The van der Waals surface area contributed by atoms with Crippen LogP contribution in [-0.4, -0.2) is 13.2 Å². The molecule has 0 spiro atoms. The predicted molar refractivity (Wildman–Crippen MR) is 66.4 cm³/mol. The number of halogens is 1. The molecule has 0 bridgehead atoms. The Labute approximate surface area is 101 Å². The fourth-order valence-corrected chi connectivity index (χ4v) is 3.74. The van der Waals surface area contributed by atoms with E-state index in [-0.39, 0.29) is 0 Å². The van der Waals surface area contributed by atoms with E-state index >= 15 is 0 Å². The van der Waals surface area contributed by atoms with E-state index in [4.69, 9.17) is 10.7 Å². The zero-order valence-corrected chi connectivity index (χ0v) is 11.0. The van der Waals surface area contributed by atoms with Crippen molar-refractivity contribution in [3.63, 3.8) is 0 Å². The van der Waals surface area contributed by atoms with Gasteiger partial charge in [-0.15, -0.1) is 0 Å². The maximum atomic E-state index is 11.5. The van der Waals surface area contributed by atoms with Gasteiger partial charge in [0.05, 0.1) is 4.75 Å². The van der Waals surface area contributed by atoms with Gasteiger partial charge in [0.15, 0.2) is 0 Å². The zero-order chi connectivity index (χ0) is 12.0. The quantitative estimate of drug-likeness (QED) is 0.782. The molecule has 88 valence electrons. The van der Waals surface area contributed by atoms with Crippen LogP contribution < -0.4 is 0 Å². The first-order valence-corrected chi connectivity index (χ1v) is 7.65. The molecule has 0 N–H and O–H groups in total. The summed E-state index contributed by atoms with van der Waals surface area (Å²) in [5.41, 5.74) is 3.40. The van der Waals surface area contributed by atoms with Gasteiger partial charge in [-0.2, -0.15) is 0 Å². The molecule has 0 amide bonds. The summed E-state index contributed by atoms with van der Waals surface area (Å²) in [5.74, 6) is 0. The van der Waals surface area contributed by atoms with Gasteiger partial charge in [0.2, 0.25) is 9.05 Å². The maximum absolute atomic E-state index is 11.5. The van der Waals surface area contributed by atoms with Gasteiger partial charge in [0, 0.05) is 10.7 Å². The lowest BCUT2D eigenvalue weighted by atomic mass is 10.0. The summed E-state index contributed by atoms with van der Waals surface area (Å²) in [6.45, 7) is 4.04. The Morgan fingerprint density at radius 1 is 1.19 bits per heavy atom. The fraction of sp³-hybridized carbons (Fsp3) is 0.500. The first-order chi connectivity index (χ1) is 7.32. The van der Waals surface area contributed by atoms with Crippen molar-refractivity contribution in [2.75, 3.05) is 0 Å². The number of aryl methyl sites for hydroxylation is 2. The SMILES string of the molecule is Cc1cc(C)cc(CC2(S(=O)(=O)Cl)CC2)c1. The number of benzene rings is 1. The molecule has 1 aromatic rings. The van der Waals surface area contributed by atoms with Crippen LogP contribution in [0.3, 0.4) is 0 Å². The van der Waals surface area contributed by atoms with Crippen LogP contribution in [0.1, 0.15) is 29.5 Å². The van der Waals surface area contributed by atoms with E-state index in [1.54, 1.807) is 0 Å². The van der Waals surface area contributed by atoms with Gasteiger partial charge in [0.1, 0.15) is 0 Å². The normalized spacial score (nSPS) is 18.4. The van der Waals surface area contributed by atoms with E-state index in [1.165, 1.54) is 0 Å². The van der Waals surface area contributed by atoms with Crippen LogP contribution >= 0.6 is 10.7 Å². The van der Waals surface area contributed by atoms with Crippen LogP contribution in [0, 0.1) is 13.8 Å². The molecule has 2 nitrogen and oxygen atoms in total. The van der Waals surface area contributed by atoms with Crippen molar-refractivity contribution in [1.82, 2.24) is 0 Å². The van der Waals surface area contributed by atoms with E-state index in [9.17, 15) is 8.42 Å². The van der Waals surface area contributed by atoms with E-state index in [1.807, 2.05) is 26.0 Å². The first-order valence-electron chi connectivity index (χ1n) is 5.34. The minimum absolute atomic E-state index is 0.543. The van der Waals surface area contributed by atoms with Crippen molar-refractivity contribution in [3.8, 4) is 0 Å². The molecule has 1 saturated carbocycles. The van der Waals surface area contributed by atoms with Crippen LogP contribution in [0.4, 0.5) is 0 Å². The third-order valence-electron chi connectivity index (χ3n) is 3.13. The minimum Gasteiger partial charge on any atom is -0.212 e. The summed E-state index contributed by atoms with van der Waals surface area (Å²) in [5, 5.41) is 0. The second-order valence-electron chi connectivity index (χ2n) is 4.79. The molecule has 0 atom stereocenters. The Bertz CT molecular complexity index is 496. The van der Waals surface area contributed by atoms with Gasteiger partial charge in [0.25, 0.3) is 0 Å². The lowest BCUT2D eigenvalue weighted by molar-refractivity contribution is 0.590. The third-order valence-corrected chi connectivity index (χ3v) is 5.70. The van der Waals surface area contributed by atoms with Gasteiger partial charge in [-0.25, -0.2) is 8.42 Å². The van der Waals surface area contributed by atoms with Crippen molar-refractivity contribution in [2.24, 2.45) is 0 Å². The van der Waals surface area contributed by atoms with Gasteiger partial charge in [-0.1, -0.05) is 29.3 Å². The molecular formula is C12H15ClO2S. The van der Waals surface area contributed by atoms with Crippen molar-refractivity contribution in [1.29, 1.82) is 0 Å². The molecule has 0 aliphatic heterocycles. The van der Waals surface area contributed by atoms with E-state index in [2.05, 4.69) is 6.07 Å². The van der Waals surface area contributed by atoms with Crippen LogP contribution in [0.5, 0.6) is 0 Å². The summed E-state index contributed by atoms with van der Waals surface area (Å²) < 4.78 is 22.2. The van der Waals surface area contributed by atoms with E-state index in [0.717, 1.165) is 16.7 Å². The van der Waals surface area contributed by atoms with Gasteiger partial charge >= 0.3 is 0 Å². The average molecular weight is 259 g/mol. The van der Waals surface area contributed by atoms with Crippen LogP contribution in [-0.2, 0) is 15.5 Å².